The first-order chi connectivity index (χ1) is 13.2. The van der Waals surface area contributed by atoms with E-state index in [2.05, 4.69) is 44.4 Å². The van der Waals surface area contributed by atoms with Crippen LogP contribution in [0.4, 0.5) is 0 Å². The van der Waals surface area contributed by atoms with Crippen LogP contribution in [0.2, 0.25) is 0 Å². The monoisotopic (exact) mass is 359 g/mol. The summed E-state index contributed by atoms with van der Waals surface area (Å²) in [4.78, 5) is 25.7. The molecule has 4 aromatic rings. The fraction of sp³-hybridized carbons (Fsp3) is 0.250. The number of fused-ring (bicyclic) bond motifs is 2. The highest BCUT2D eigenvalue weighted by Crippen LogP contribution is 2.32. The predicted molar refractivity (Wildman–Crippen MR) is 98.5 cm³/mol. The molecule has 0 saturated carbocycles. The lowest BCUT2D eigenvalue weighted by molar-refractivity contribution is 0.361. The van der Waals surface area contributed by atoms with E-state index in [0.717, 1.165) is 18.4 Å². The van der Waals surface area contributed by atoms with Crippen molar-refractivity contribution >= 4 is 11.0 Å². The minimum Gasteiger partial charge on any atom is -0.337 e. The van der Waals surface area contributed by atoms with Crippen molar-refractivity contribution in [3.8, 4) is 0 Å². The van der Waals surface area contributed by atoms with Gasteiger partial charge in [0.1, 0.15) is 12.9 Å². The van der Waals surface area contributed by atoms with E-state index in [-0.39, 0.29) is 18.0 Å². The van der Waals surface area contributed by atoms with Gasteiger partial charge in [0.05, 0.1) is 5.39 Å². The van der Waals surface area contributed by atoms with Crippen molar-refractivity contribution in [2.45, 2.75) is 32.2 Å². The van der Waals surface area contributed by atoms with Gasteiger partial charge in [-0.3, -0.25) is 9.36 Å². The summed E-state index contributed by atoms with van der Waals surface area (Å²) in [5, 5.41) is 4.67. The maximum atomic E-state index is 12.8. The molecule has 0 unspecified atom stereocenters. The molecule has 0 saturated heterocycles. The van der Waals surface area contributed by atoms with Crippen LogP contribution in [-0.4, -0.2) is 24.7 Å². The molecule has 0 bridgehead atoms. The third-order valence-corrected chi connectivity index (χ3v) is 5.14. The minimum atomic E-state index is -0.154. The first-order valence-electron chi connectivity index (χ1n) is 8.89. The summed E-state index contributed by atoms with van der Waals surface area (Å²) in [6.07, 6.45) is 4.96. The molecule has 0 atom stereocenters. The zero-order valence-electron chi connectivity index (χ0n) is 14.8. The molecule has 1 aliphatic rings. The van der Waals surface area contributed by atoms with E-state index in [4.69, 9.17) is 4.52 Å². The summed E-state index contributed by atoms with van der Waals surface area (Å²) in [7, 11) is 0. The van der Waals surface area contributed by atoms with Gasteiger partial charge >= 0.3 is 0 Å². The van der Waals surface area contributed by atoms with Gasteiger partial charge < -0.3 is 4.52 Å². The summed E-state index contributed by atoms with van der Waals surface area (Å²) in [5.74, 6) is 1.32. The molecule has 0 radical (unpaired) electrons. The lowest BCUT2D eigenvalue weighted by Crippen LogP contribution is -2.22. The molecule has 1 aliphatic carbocycles. The van der Waals surface area contributed by atoms with Crippen molar-refractivity contribution < 1.29 is 4.52 Å². The smallest absolute Gasteiger partial charge is 0.263 e. The molecular formula is C20H17N5O2. The van der Waals surface area contributed by atoms with E-state index in [1.165, 1.54) is 22.0 Å². The van der Waals surface area contributed by atoms with E-state index >= 15 is 0 Å². The number of hydrogen-bond acceptors (Lipinski definition) is 6. The molecule has 5 rings (SSSR count). The Bertz CT molecular complexity index is 1190. The number of aryl methyl sites for hydroxylation is 1. The Morgan fingerprint density at radius 2 is 1.93 bits per heavy atom. The molecule has 27 heavy (non-hydrogen) atoms. The number of aromatic nitrogens is 5. The number of benzene rings is 1. The highest BCUT2D eigenvalue weighted by Gasteiger charge is 2.26. The third-order valence-electron chi connectivity index (χ3n) is 5.14. The van der Waals surface area contributed by atoms with E-state index in [0.29, 0.717) is 22.7 Å². The van der Waals surface area contributed by atoms with Crippen LogP contribution >= 0.6 is 0 Å². The van der Waals surface area contributed by atoms with Crippen LogP contribution in [0.3, 0.4) is 0 Å². The Kier molecular flexibility index (Phi) is 3.60. The van der Waals surface area contributed by atoms with Crippen molar-refractivity contribution in [2.75, 3.05) is 0 Å². The van der Waals surface area contributed by atoms with E-state index in [9.17, 15) is 4.79 Å². The average molecular weight is 359 g/mol. The highest BCUT2D eigenvalue weighted by molar-refractivity contribution is 5.76. The van der Waals surface area contributed by atoms with Crippen LogP contribution in [0.1, 0.15) is 34.3 Å². The number of hydrogen-bond donors (Lipinski definition) is 0. The topological polar surface area (TPSA) is 86.7 Å². The Balaban J connectivity index is 1.42. The van der Waals surface area contributed by atoms with Crippen molar-refractivity contribution in [1.29, 1.82) is 0 Å². The maximum Gasteiger partial charge on any atom is 0.263 e. The second-order valence-corrected chi connectivity index (χ2v) is 6.92. The summed E-state index contributed by atoms with van der Waals surface area (Å²) in [6.45, 7) is 2.07. The van der Waals surface area contributed by atoms with E-state index in [1.807, 2.05) is 6.92 Å². The zero-order chi connectivity index (χ0) is 18.4. The Labute approximate surface area is 154 Å². The third kappa shape index (κ3) is 2.71. The second-order valence-electron chi connectivity index (χ2n) is 6.92. The number of nitrogens with zero attached hydrogens (tertiary/aromatic N) is 5. The normalized spacial score (nSPS) is 14.0. The van der Waals surface area contributed by atoms with Crippen molar-refractivity contribution in [3.63, 3.8) is 0 Å². The van der Waals surface area contributed by atoms with Crippen molar-refractivity contribution in [1.82, 2.24) is 24.7 Å². The van der Waals surface area contributed by atoms with Crippen LogP contribution in [0.25, 0.3) is 11.0 Å². The van der Waals surface area contributed by atoms with Crippen molar-refractivity contribution in [2.24, 2.45) is 0 Å². The molecule has 7 nitrogen and oxygen atoms in total. The maximum absolute atomic E-state index is 12.8. The van der Waals surface area contributed by atoms with Gasteiger partial charge in [-0.1, -0.05) is 29.4 Å². The van der Waals surface area contributed by atoms with Gasteiger partial charge in [-0.05, 0) is 42.5 Å². The van der Waals surface area contributed by atoms with Crippen LogP contribution in [-0.2, 0) is 19.4 Å². The lowest BCUT2D eigenvalue weighted by atomic mass is 10.1. The highest BCUT2D eigenvalue weighted by atomic mass is 16.5. The lowest BCUT2D eigenvalue weighted by Gasteiger charge is -2.05. The fourth-order valence-electron chi connectivity index (χ4n) is 3.72. The largest absolute Gasteiger partial charge is 0.337 e. The van der Waals surface area contributed by atoms with E-state index in [1.54, 1.807) is 12.3 Å². The number of pyridine rings is 1. The van der Waals surface area contributed by atoms with Crippen LogP contribution in [0.5, 0.6) is 0 Å². The molecule has 0 amide bonds. The van der Waals surface area contributed by atoms with Crippen molar-refractivity contribution in [3.05, 3.63) is 81.6 Å². The quantitative estimate of drug-likeness (QED) is 0.558. The average Bonchev–Trinajstić information content (AvgIpc) is 3.30. The van der Waals surface area contributed by atoms with Gasteiger partial charge in [0.25, 0.3) is 5.56 Å². The first kappa shape index (κ1) is 15.9. The van der Waals surface area contributed by atoms with E-state index < -0.39 is 0 Å². The SMILES string of the molecule is Cc1ccnc2ncn(Cc3nc(C4Cc5ccccc5C4)no3)c(=O)c12. The van der Waals surface area contributed by atoms with Gasteiger partial charge in [-0.2, -0.15) is 4.98 Å². The zero-order valence-corrected chi connectivity index (χ0v) is 14.8. The Morgan fingerprint density at radius 3 is 2.70 bits per heavy atom. The number of rotatable bonds is 3. The summed E-state index contributed by atoms with van der Waals surface area (Å²) in [6, 6.07) is 10.2. The van der Waals surface area contributed by atoms with Crippen LogP contribution in [0.15, 0.2) is 52.2 Å². The molecule has 0 fully saturated rings. The van der Waals surface area contributed by atoms with Gasteiger partial charge in [0.15, 0.2) is 11.5 Å². The second kappa shape index (κ2) is 6.12. The van der Waals surface area contributed by atoms with Gasteiger partial charge in [0, 0.05) is 12.1 Å². The van der Waals surface area contributed by atoms with Crippen LogP contribution in [0, 0.1) is 6.92 Å². The minimum absolute atomic E-state index is 0.154. The molecule has 0 spiro atoms. The molecule has 3 aromatic heterocycles. The molecule has 134 valence electrons. The molecule has 3 heterocycles. The van der Waals surface area contributed by atoms with Gasteiger partial charge in [0.2, 0.25) is 5.89 Å². The molecule has 0 aliphatic heterocycles. The Hall–Kier alpha value is -3.35. The summed E-state index contributed by atoms with van der Waals surface area (Å²) >= 11 is 0. The standard InChI is InChI=1S/C20H17N5O2/c1-12-6-7-21-19-17(12)20(26)25(11-22-19)10-16-23-18(24-27-16)15-8-13-4-2-3-5-14(13)9-15/h2-7,11,15H,8-10H2,1H3. The summed E-state index contributed by atoms with van der Waals surface area (Å²) in [5.41, 5.74) is 3.82. The van der Waals surface area contributed by atoms with Gasteiger partial charge in [-0.25, -0.2) is 9.97 Å². The van der Waals surface area contributed by atoms with Crippen LogP contribution < -0.4 is 5.56 Å². The summed E-state index contributed by atoms with van der Waals surface area (Å²) < 4.78 is 6.90. The molecule has 1 aromatic carbocycles. The Morgan fingerprint density at radius 1 is 1.15 bits per heavy atom. The first-order valence-corrected chi connectivity index (χ1v) is 8.89. The molecule has 0 N–H and O–H groups in total. The predicted octanol–water partition coefficient (Wildman–Crippen LogP) is 2.41. The fourth-order valence-corrected chi connectivity index (χ4v) is 3.72. The molecular weight excluding hydrogens is 342 g/mol. The molecule has 7 heteroatoms. The van der Waals surface area contributed by atoms with Gasteiger partial charge in [-0.15, -0.1) is 0 Å².